The van der Waals surface area contributed by atoms with E-state index >= 15 is 0 Å². The van der Waals surface area contributed by atoms with E-state index < -0.39 is 0 Å². The molecule has 1 fully saturated rings. The fourth-order valence-corrected chi connectivity index (χ4v) is 2.31. The fraction of sp³-hybridized carbons (Fsp3) is 0.500. The van der Waals surface area contributed by atoms with Gasteiger partial charge in [-0.3, -0.25) is 5.10 Å². The lowest BCUT2D eigenvalue weighted by Crippen LogP contribution is -2.31. The van der Waals surface area contributed by atoms with E-state index in [0.717, 1.165) is 18.3 Å². The maximum atomic E-state index is 4.36. The van der Waals surface area contributed by atoms with Crippen molar-refractivity contribution in [1.82, 2.24) is 25.3 Å². The standard InChI is InChI=1S/C12H17N5/c1-9-2-3-11(13-6-9)10-7-15-17(8-10)12-4-5-14-16-12/h4-5,7-9,11,13H,2-3,6H2,1H3,(H,14,16)/t9-,11+/m1/s1. The predicted octanol–water partition coefficient (Wildman–Crippen LogP) is 1.66. The predicted molar refractivity (Wildman–Crippen MR) is 64.9 cm³/mol. The molecule has 2 aromatic heterocycles. The van der Waals surface area contributed by atoms with Gasteiger partial charge in [0.2, 0.25) is 0 Å². The van der Waals surface area contributed by atoms with E-state index in [0.29, 0.717) is 6.04 Å². The van der Waals surface area contributed by atoms with Crippen molar-refractivity contribution in [1.29, 1.82) is 0 Å². The second-order valence-corrected chi connectivity index (χ2v) is 4.80. The van der Waals surface area contributed by atoms with Gasteiger partial charge in [-0.2, -0.15) is 10.2 Å². The molecule has 2 atom stereocenters. The van der Waals surface area contributed by atoms with Crippen LogP contribution in [0.15, 0.2) is 24.7 Å². The Bertz CT molecular complexity index is 465. The van der Waals surface area contributed by atoms with Crippen LogP contribution in [-0.2, 0) is 0 Å². The summed E-state index contributed by atoms with van der Waals surface area (Å²) in [6, 6.07) is 2.36. The number of aromatic nitrogens is 4. The van der Waals surface area contributed by atoms with Crippen LogP contribution in [0.1, 0.15) is 31.4 Å². The number of nitrogens with zero attached hydrogens (tertiary/aromatic N) is 3. The third kappa shape index (κ3) is 2.10. The van der Waals surface area contributed by atoms with E-state index in [9.17, 15) is 0 Å². The van der Waals surface area contributed by atoms with Gasteiger partial charge in [-0.1, -0.05) is 6.92 Å². The second-order valence-electron chi connectivity index (χ2n) is 4.80. The minimum Gasteiger partial charge on any atom is -0.310 e. The van der Waals surface area contributed by atoms with Gasteiger partial charge >= 0.3 is 0 Å². The van der Waals surface area contributed by atoms with Crippen LogP contribution in [0.4, 0.5) is 0 Å². The number of aromatic amines is 1. The van der Waals surface area contributed by atoms with Crippen LogP contribution in [0.3, 0.4) is 0 Å². The smallest absolute Gasteiger partial charge is 0.149 e. The molecule has 0 bridgehead atoms. The van der Waals surface area contributed by atoms with Crippen molar-refractivity contribution in [2.24, 2.45) is 5.92 Å². The van der Waals surface area contributed by atoms with Crippen LogP contribution in [0.25, 0.3) is 5.82 Å². The average molecular weight is 231 g/mol. The van der Waals surface area contributed by atoms with Crippen molar-refractivity contribution in [3.8, 4) is 5.82 Å². The van der Waals surface area contributed by atoms with Gasteiger partial charge in [0.15, 0.2) is 0 Å². The van der Waals surface area contributed by atoms with Crippen molar-refractivity contribution in [3.63, 3.8) is 0 Å². The quantitative estimate of drug-likeness (QED) is 0.826. The molecule has 0 radical (unpaired) electrons. The second kappa shape index (κ2) is 4.33. The van der Waals surface area contributed by atoms with Crippen LogP contribution in [0.5, 0.6) is 0 Å². The Morgan fingerprint density at radius 1 is 1.41 bits per heavy atom. The molecule has 0 aliphatic carbocycles. The van der Waals surface area contributed by atoms with E-state index in [1.165, 1.54) is 18.4 Å². The van der Waals surface area contributed by atoms with Gasteiger partial charge in [-0.15, -0.1) is 0 Å². The first-order chi connectivity index (χ1) is 8.33. The highest BCUT2D eigenvalue weighted by Crippen LogP contribution is 2.25. The van der Waals surface area contributed by atoms with E-state index in [4.69, 9.17) is 0 Å². The Morgan fingerprint density at radius 2 is 2.35 bits per heavy atom. The largest absolute Gasteiger partial charge is 0.310 e. The van der Waals surface area contributed by atoms with Gasteiger partial charge in [-0.05, 0) is 25.3 Å². The molecule has 2 N–H and O–H groups in total. The summed E-state index contributed by atoms with van der Waals surface area (Å²) in [6.45, 7) is 3.39. The van der Waals surface area contributed by atoms with Crippen molar-refractivity contribution >= 4 is 0 Å². The molecule has 1 saturated heterocycles. The maximum absolute atomic E-state index is 4.36. The Labute approximate surface area is 100 Å². The molecule has 3 rings (SSSR count). The summed E-state index contributed by atoms with van der Waals surface area (Å²) in [5.41, 5.74) is 1.26. The molecule has 1 aliphatic heterocycles. The monoisotopic (exact) mass is 231 g/mol. The van der Waals surface area contributed by atoms with E-state index in [-0.39, 0.29) is 0 Å². The van der Waals surface area contributed by atoms with E-state index in [1.807, 2.05) is 16.9 Å². The Hall–Kier alpha value is -1.62. The third-order valence-electron chi connectivity index (χ3n) is 3.40. The SMILES string of the molecule is C[C@@H]1CC[C@@H](c2cnn(-c3ccn[nH]3)c2)NC1. The van der Waals surface area contributed by atoms with Crippen molar-refractivity contribution in [2.75, 3.05) is 6.54 Å². The Morgan fingerprint density at radius 3 is 3.06 bits per heavy atom. The van der Waals surface area contributed by atoms with Crippen molar-refractivity contribution in [2.45, 2.75) is 25.8 Å². The molecule has 5 nitrogen and oxygen atoms in total. The number of hydrogen-bond acceptors (Lipinski definition) is 3. The summed E-state index contributed by atoms with van der Waals surface area (Å²) in [6.07, 6.45) is 8.22. The molecule has 17 heavy (non-hydrogen) atoms. The zero-order chi connectivity index (χ0) is 11.7. The highest BCUT2D eigenvalue weighted by Gasteiger charge is 2.20. The third-order valence-corrected chi connectivity index (χ3v) is 3.40. The number of hydrogen-bond donors (Lipinski definition) is 2. The van der Waals surface area contributed by atoms with E-state index in [1.54, 1.807) is 6.20 Å². The molecule has 0 aromatic carbocycles. The molecule has 0 unspecified atom stereocenters. The molecular weight excluding hydrogens is 214 g/mol. The molecule has 2 aromatic rings. The molecule has 90 valence electrons. The van der Waals surface area contributed by atoms with Crippen molar-refractivity contribution < 1.29 is 0 Å². The summed E-state index contributed by atoms with van der Waals surface area (Å²) >= 11 is 0. The lowest BCUT2D eigenvalue weighted by molar-refractivity contribution is 0.333. The molecular formula is C12H17N5. The first kappa shape index (κ1) is 10.5. The van der Waals surface area contributed by atoms with Gasteiger partial charge in [-0.25, -0.2) is 4.68 Å². The molecule has 0 amide bonds. The number of nitrogens with one attached hydrogen (secondary N) is 2. The lowest BCUT2D eigenvalue weighted by Gasteiger charge is -2.26. The van der Waals surface area contributed by atoms with E-state index in [2.05, 4.69) is 33.7 Å². The molecule has 1 aliphatic rings. The normalized spacial score (nSPS) is 25.0. The van der Waals surface area contributed by atoms with Gasteiger partial charge in [0.05, 0.1) is 12.4 Å². The summed E-state index contributed by atoms with van der Waals surface area (Å²) in [7, 11) is 0. The van der Waals surface area contributed by atoms with Crippen LogP contribution < -0.4 is 5.32 Å². The summed E-state index contributed by atoms with van der Waals surface area (Å²) in [5, 5.41) is 14.8. The topological polar surface area (TPSA) is 58.5 Å². The Kier molecular flexibility index (Phi) is 2.68. The minimum atomic E-state index is 0.447. The minimum absolute atomic E-state index is 0.447. The van der Waals surface area contributed by atoms with Gasteiger partial charge in [0.1, 0.15) is 5.82 Å². The van der Waals surface area contributed by atoms with Crippen LogP contribution in [0.2, 0.25) is 0 Å². The number of piperidine rings is 1. The lowest BCUT2D eigenvalue weighted by atomic mass is 9.94. The maximum Gasteiger partial charge on any atom is 0.149 e. The number of rotatable bonds is 2. The first-order valence-electron chi connectivity index (χ1n) is 6.10. The Balaban J connectivity index is 1.76. The van der Waals surface area contributed by atoms with Crippen LogP contribution in [-0.4, -0.2) is 26.5 Å². The molecule has 0 saturated carbocycles. The zero-order valence-electron chi connectivity index (χ0n) is 9.93. The van der Waals surface area contributed by atoms with Crippen molar-refractivity contribution in [3.05, 3.63) is 30.2 Å². The summed E-state index contributed by atoms with van der Waals surface area (Å²) in [4.78, 5) is 0. The van der Waals surface area contributed by atoms with Gasteiger partial charge in [0.25, 0.3) is 0 Å². The highest BCUT2D eigenvalue weighted by molar-refractivity contribution is 5.22. The number of H-pyrrole nitrogens is 1. The van der Waals surface area contributed by atoms with Gasteiger partial charge < -0.3 is 5.32 Å². The molecule has 5 heteroatoms. The fourth-order valence-electron chi connectivity index (χ4n) is 2.31. The molecule has 3 heterocycles. The summed E-state index contributed by atoms with van der Waals surface area (Å²) < 4.78 is 1.84. The zero-order valence-corrected chi connectivity index (χ0v) is 9.93. The summed E-state index contributed by atoms with van der Waals surface area (Å²) in [5.74, 6) is 1.69. The first-order valence-corrected chi connectivity index (χ1v) is 6.10. The highest BCUT2D eigenvalue weighted by atomic mass is 15.3. The van der Waals surface area contributed by atoms with Crippen LogP contribution in [0, 0.1) is 5.92 Å². The average Bonchev–Trinajstić information content (AvgIpc) is 3.00. The van der Waals surface area contributed by atoms with Gasteiger partial charge in [0, 0.05) is 23.9 Å². The van der Waals surface area contributed by atoms with Crippen LogP contribution >= 0.6 is 0 Å². The molecule has 0 spiro atoms.